The van der Waals surface area contributed by atoms with Crippen LogP contribution in [0, 0.1) is 5.41 Å². The summed E-state index contributed by atoms with van der Waals surface area (Å²) in [7, 11) is 0. The van der Waals surface area contributed by atoms with Crippen molar-refractivity contribution in [3.05, 3.63) is 0 Å². The zero-order valence-corrected chi connectivity index (χ0v) is 7.49. The van der Waals surface area contributed by atoms with Crippen LogP contribution in [0.2, 0.25) is 0 Å². The summed E-state index contributed by atoms with van der Waals surface area (Å²) in [5.74, 6) is 0.0439. The fraction of sp³-hybridized carbons (Fsp3) is 0.889. The van der Waals surface area contributed by atoms with Crippen molar-refractivity contribution in [2.45, 2.75) is 48.1 Å². The standard InChI is InChI=1S/C8H17NO.CH4/c1-6(8(3,4)5)9-7(2)10;/h6H,1-5H3,(H,9,10);1H4/t6-;/m1./s1. The molecule has 0 fully saturated rings. The summed E-state index contributed by atoms with van der Waals surface area (Å²) in [6.07, 6.45) is 0. The van der Waals surface area contributed by atoms with Gasteiger partial charge in [0.2, 0.25) is 5.91 Å². The van der Waals surface area contributed by atoms with Crippen molar-refractivity contribution < 1.29 is 4.79 Å². The van der Waals surface area contributed by atoms with Crippen LogP contribution in [-0.4, -0.2) is 11.9 Å². The third-order valence-electron chi connectivity index (χ3n) is 1.72. The maximum absolute atomic E-state index is 10.6. The molecule has 1 atom stereocenters. The summed E-state index contributed by atoms with van der Waals surface area (Å²) in [5, 5.41) is 2.84. The van der Waals surface area contributed by atoms with E-state index in [1.165, 1.54) is 0 Å². The van der Waals surface area contributed by atoms with Gasteiger partial charge in [-0.25, -0.2) is 0 Å². The second kappa shape index (κ2) is 4.37. The van der Waals surface area contributed by atoms with Crippen molar-refractivity contribution in [1.29, 1.82) is 0 Å². The SMILES string of the molecule is C.CC(=O)N[C@H](C)C(C)(C)C. The van der Waals surface area contributed by atoms with Crippen LogP contribution in [0.4, 0.5) is 0 Å². The molecule has 1 amide bonds. The Kier molecular flexibility index (Phi) is 5.20. The van der Waals surface area contributed by atoms with Gasteiger partial charge in [-0.1, -0.05) is 28.2 Å². The van der Waals surface area contributed by atoms with Gasteiger partial charge in [-0.2, -0.15) is 0 Å². The van der Waals surface area contributed by atoms with Crippen LogP contribution >= 0.6 is 0 Å². The van der Waals surface area contributed by atoms with Crippen LogP contribution in [-0.2, 0) is 4.79 Å². The molecule has 0 rings (SSSR count). The van der Waals surface area contributed by atoms with E-state index in [1.54, 1.807) is 6.92 Å². The average Bonchev–Trinajstić information content (AvgIpc) is 1.60. The van der Waals surface area contributed by atoms with Crippen LogP contribution in [0.1, 0.15) is 42.0 Å². The highest BCUT2D eigenvalue weighted by Crippen LogP contribution is 2.17. The van der Waals surface area contributed by atoms with E-state index in [4.69, 9.17) is 0 Å². The molecule has 0 aromatic heterocycles. The molecule has 0 bridgehead atoms. The van der Waals surface area contributed by atoms with E-state index in [0.29, 0.717) is 0 Å². The largest absolute Gasteiger partial charge is 0.353 e. The monoisotopic (exact) mass is 159 g/mol. The Balaban J connectivity index is 0. The van der Waals surface area contributed by atoms with Crippen LogP contribution < -0.4 is 5.32 Å². The predicted octanol–water partition coefficient (Wildman–Crippen LogP) is 2.19. The van der Waals surface area contributed by atoms with Gasteiger partial charge in [-0.15, -0.1) is 0 Å². The molecular weight excluding hydrogens is 138 g/mol. The zero-order valence-electron chi connectivity index (χ0n) is 7.49. The molecule has 0 radical (unpaired) electrons. The maximum Gasteiger partial charge on any atom is 0.217 e. The third-order valence-corrected chi connectivity index (χ3v) is 1.72. The first-order valence-electron chi connectivity index (χ1n) is 3.61. The average molecular weight is 159 g/mol. The lowest BCUT2D eigenvalue weighted by atomic mass is 9.88. The number of carbonyl (C=O) groups is 1. The first-order valence-corrected chi connectivity index (χ1v) is 3.61. The molecule has 11 heavy (non-hydrogen) atoms. The minimum atomic E-state index is 0. The maximum atomic E-state index is 10.6. The quantitative estimate of drug-likeness (QED) is 0.624. The molecule has 0 aromatic carbocycles. The molecule has 0 unspecified atom stereocenters. The van der Waals surface area contributed by atoms with Gasteiger partial charge in [0.15, 0.2) is 0 Å². The minimum Gasteiger partial charge on any atom is -0.353 e. The number of carbonyl (C=O) groups excluding carboxylic acids is 1. The van der Waals surface area contributed by atoms with Crippen LogP contribution in [0.25, 0.3) is 0 Å². The molecule has 0 heterocycles. The van der Waals surface area contributed by atoms with E-state index in [0.717, 1.165) is 0 Å². The van der Waals surface area contributed by atoms with Crippen molar-refractivity contribution >= 4 is 5.91 Å². The van der Waals surface area contributed by atoms with E-state index in [2.05, 4.69) is 26.1 Å². The molecule has 0 aromatic rings. The van der Waals surface area contributed by atoms with Crippen molar-refractivity contribution in [2.75, 3.05) is 0 Å². The van der Waals surface area contributed by atoms with Gasteiger partial charge < -0.3 is 5.32 Å². The molecule has 1 N–H and O–H groups in total. The normalized spacial score (nSPS) is 13.2. The zero-order chi connectivity index (χ0) is 8.36. The molecule has 0 aliphatic carbocycles. The van der Waals surface area contributed by atoms with Crippen molar-refractivity contribution in [1.82, 2.24) is 5.32 Å². The Morgan fingerprint density at radius 3 is 1.82 bits per heavy atom. The Morgan fingerprint density at radius 2 is 1.73 bits per heavy atom. The third kappa shape index (κ3) is 5.89. The Bertz CT molecular complexity index is 124. The topological polar surface area (TPSA) is 29.1 Å². The van der Waals surface area contributed by atoms with Crippen molar-refractivity contribution in [3.63, 3.8) is 0 Å². The number of amides is 1. The predicted molar refractivity (Wildman–Crippen MR) is 49.5 cm³/mol. The molecule has 0 saturated carbocycles. The molecule has 68 valence electrons. The number of nitrogens with one attached hydrogen (secondary N) is 1. The van der Waals surface area contributed by atoms with E-state index in [9.17, 15) is 4.79 Å². The summed E-state index contributed by atoms with van der Waals surface area (Å²) in [5.41, 5.74) is 0.158. The number of rotatable bonds is 1. The minimum absolute atomic E-state index is 0. The van der Waals surface area contributed by atoms with E-state index >= 15 is 0 Å². The summed E-state index contributed by atoms with van der Waals surface area (Å²) >= 11 is 0. The highest BCUT2D eigenvalue weighted by Gasteiger charge is 2.19. The number of hydrogen-bond donors (Lipinski definition) is 1. The Morgan fingerprint density at radius 1 is 1.36 bits per heavy atom. The second-order valence-corrected chi connectivity index (χ2v) is 3.79. The lowest BCUT2D eigenvalue weighted by Gasteiger charge is -2.27. The van der Waals surface area contributed by atoms with Gasteiger partial charge >= 0.3 is 0 Å². The first-order chi connectivity index (χ1) is 4.34. The van der Waals surface area contributed by atoms with Crippen LogP contribution in [0.3, 0.4) is 0 Å². The van der Waals surface area contributed by atoms with Gasteiger partial charge in [0.1, 0.15) is 0 Å². The van der Waals surface area contributed by atoms with E-state index in [-0.39, 0.29) is 24.8 Å². The summed E-state index contributed by atoms with van der Waals surface area (Å²) < 4.78 is 0. The van der Waals surface area contributed by atoms with Gasteiger partial charge in [0.25, 0.3) is 0 Å². The fourth-order valence-corrected chi connectivity index (χ4v) is 0.521. The summed E-state index contributed by atoms with van der Waals surface area (Å²) in [4.78, 5) is 10.6. The highest BCUT2D eigenvalue weighted by molar-refractivity contribution is 5.73. The summed E-state index contributed by atoms with van der Waals surface area (Å²) in [6, 6.07) is 0.241. The highest BCUT2D eigenvalue weighted by atomic mass is 16.1. The molecule has 0 saturated heterocycles. The first kappa shape index (κ1) is 13.1. The fourth-order valence-electron chi connectivity index (χ4n) is 0.521. The molecular formula is C9H21NO. The van der Waals surface area contributed by atoms with Gasteiger partial charge in [0, 0.05) is 13.0 Å². The molecule has 2 nitrogen and oxygen atoms in total. The van der Waals surface area contributed by atoms with Gasteiger partial charge in [-0.3, -0.25) is 4.79 Å². The Labute approximate surface area is 70.4 Å². The smallest absolute Gasteiger partial charge is 0.217 e. The molecule has 2 heteroatoms. The van der Waals surface area contributed by atoms with E-state index in [1.807, 2.05) is 6.92 Å². The lowest BCUT2D eigenvalue weighted by Crippen LogP contribution is -2.40. The van der Waals surface area contributed by atoms with Crippen molar-refractivity contribution in [3.8, 4) is 0 Å². The van der Waals surface area contributed by atoms with Gasteiger partial charge in [0.05, 0.1) is 0 Å². The summed E-state index contributed by atoms with van der Waals surface area (Å²) in [6.45, 7) is 9.87. The van der Waals surface area contributed by atoms with Crippen LogP contribution in [0.15, 0.2) is 0 Å². The molecule has 0 aliphatic heterocycles. The molecule has 0 spiro atoms. The van der Waals surface area contributed by atoms with Crippen molar-refractivity contribution in [2.24, 2.45) is 5.41 Å². The molecule has 0 aliphatic rings. The number of hydrogen-bond acceptors (Lipinski definition) is 1. The second-order valence-electron chi connectivity index (χ2n) is 3.79. The Hall–Kier alpha value is -0.530. The van der Waals surface area contributed by atoms with Crippen LogP contribution in [0.5, 0.6) is 0 Å². The van der Waals surface area contributed by atoms with E-state index < -0.39 is 0 Å². The lowest BCUT2D eigenvalue weighted by molar-refractivity contribution is -0.120. The van der Waals surface area contributed by atoms with Gasteiger partial charge in [-0.05, 0) is 12.3 Å².